The summed E-state index contributed by atoms with van der Waals surface area (Å²) in [7, 11) is -0.920. The van der Waals surface area contributed by atoms with Crippen LogP contribution < -0.4 is 9.47 Å². The van der Waals surface area contributed by atoms with Gasteiger partial charge in [0, 0.05) is 26.2 Å². The Hall–Kier alpha value is -4.24. The first-order chi connectivity index (χ1) is 19.7. The first-order valence-corrected chi connectivity index (χ1v) is 14.3. The number of hydrogen-bond acceptors (Lipinski definition) is 8. The fourth-order valence-electron chi connectivity index (χ4n) is 4.57. The van der Waals surface area contributed by atoms with Crippen molar-refractivity contribution < 1.29 is 35.5 Å². The van der Waals surface area contributed by atoms with Gasteiger partial charge in [-0.25, -0.2) is 28.4 Å². The van der Waals surface area contributed by atoms with E-state index in [1.54, 1.807) is 36.4 Å². The van der Waals surface area contributed by atoms with Crippen LogP contribution in [-0.2, 0) is 23.9 Å². The third-order valence-electron chi connectivity index (χ3n) is 6.65. The van der Waals surface area contributed by atoms with E-state index < -0.39 is 33.6 Å². The van der Waals surface area contributed by atoms with Crippen LogP contribution in [0.5, 0.6) is 11.5 Å². The fraction of sp³-hybridized carbons (Fsp3) is 0.231. The van der Waals surface area contributed by atoms with Gasteiger partial charge in [-0.15, -0.1) is 0 Å². The van der Waals surface area contributed by atoms with Crippen molar-refractivity contribution in [2.24, 2.45) is 14.1 Å². The second-order valence-electron chi connectivity index (χ2n) is 9.32. The SMILES string of the molecule is CCS(=O)(=O)c1c(-c2nc3cc4c(cc3n2C)OC(F)(F)C(F)(F)O4)nc(-c2cccc(-c3cccc(Cl)n3)n2)n1C. The van der Waals surface area contributed by atoms with E-state index in [4.69, 9.17) is 11.6 Å². The summed E-state index contributed by atoms with van der Waals surface area (Å²) in [6.45, 7) is 1.47. The molecule has 0 spiro atoms. The second-order valence-corrected chi connectivity index (χ2v) is 11.9. The number of halogens is 5. The lowest BCUT2D eigenvalue weighted by molar-refractivity contribution is -0.391. The van der Waals surface area contributed by atoms with Gasteiger partial charge in [-0.1, -0.05) is 30.7 Å². The Bertz CT molecular complexity index is 2010. The summed E-state index contributed by atoms with van der Waals surface area (Å²) < 4.78 is 93.0. The molecular weight excluding hydrogens is 604 g/mol. The number of aryl methyl sites for hydroxylation is 1. The molecule has 0 unspecified atom stereocenters. The van der Waals surface area contributed by atoms with Gasteiger partial charge in [-0.2, -0.15) is 17.6 Å². The van der Waals surface area contributed by atoms with Crippen molar-refractivity contribution in [3.05, 3.63) is 53.7 Å². The smallest absolute Gasteiger partial charge is 0.421 e. The predicted octanol–water partition coefficient (Wildman–Crippen LogP) is 5.50. The highest BCUT2D eigenvalue weighted by molar-refractivity contribution is 7.91. The van der Waals surface area contributed by atoms with Gasteiger partial charge in [-0.05, 0) is 24.3 Å². The second kappa shape index (κ2) is 9.39. The molecule has 5 heterocycles. The maximum atomic E-state index is 13.8. The highest BCUT2D eigenvalue weighted by Crippen LogP contribution is 2.48. The largest absolute Gasteiger partial charge is 0.507 e. The van der Waals surface area contributed by atoms with Crippen molar-refractivity contribution in [1.29, 1.82) is 0 Å². The molecule has 1 aliphatic heterocycles. The number of pyridine rings is 2. The zero-order valence-corrected chi connectivity index (χ0v) is 23.5. The number of imidazole rings is 2. The number of nitrogens with zero attached hydrogens (tertiary/aromatic N) is 6. The van der Waals surface area contributed by atoms with E-state index in [0.717, 1.165) is 12.1 Å². The molecule has 0 aliphatic carbocycles. The van der Waals surface area contributed by atoms with Crippen LogP contribution in [0.25, 0.3) is 45.5 Å². The molecule has 0 radical (unpaired) electrons. The lowest BCUT2D eigenvalue weighted by Gasteiger charge is -2.31. The van der Waals surface area contributed by atoms with Gasteiger partial charge in [0.15, 0.2) is 38.0 Å². The van der Waals surface area contributed by atoms with Crippen molar-refractivity contribution >= 4 is 32.5 Å². The van der Waals surface area contributed by atoms with Gasteiger partial charge in [0.05, 0.1) is 28.2 Å². The summed E-state index contributed by atoms with van der Waals surface area (Å²) in [5.41, 5.74) is 1.43. The standard InChI is InChI=1S/C26H19ClF4N6O4S/c1-4-42(38,39)24-21(35-22(37(24)3)15-9-5-7-13(32-15)14-8-6-10-20(27)33-14)23-34-16-11-18-19(12-17(16)36(23)2)41-26(30,31)25(28,29)40-18/h5-12H,4H2,1-3H3. The van der Waals surface area contributed by atoms with E-state index in [-0.39, 0.29) is 44.3 Å². The quantitative estimate of drug-likeness (QED) is 0.186. The highest BCUT2D eigenvalue weighted by atomic mass is 35.5. The van der Waals surface area contributed by atoms with Crippen molar-refractivity contribution in [1.82, 2.24) is 29.1 Å². The molecule has 218 valence electrons. The van der Waals surface area contributed by atoms with Crippen molar-refractivity contribution in [3.63, 3.8) is 0 Å². The third kappa shape index (κ3) is 4.34. The molecule has 0 atom stereocenters. The predicted molar refractivity (Wildman–Crippen MR) is 143 cm³/mol. The van der Waals surface area contributed by atoms with Crippen LogP contribution in [0.3, 0.4) is 0 Å². The number of benzene rings is 1. The number of fused-ring (bicyclic) bond motifs is 2. The van der Waals surface area contributed by atoms with Crippen molar-refractivity contribution in [3.8, 4) is 45.9 Å². The summed E-state index contributed by atoms with van der Waals surface area (Å²) in [6.07, 6.45) is -9.82. The number of aromatic nitrogens is 6. The topological polar surface area (TPSA) is 114 Å². The number of alkyl halides is 4. The van der Waals surface area contributed by atoms with Gasteiger partial charge in [0.25, 0.3) is 0 Å². The molecule has 4 aromatic heterocycles. The molecule has 42 heavy (non-hydrogen) atoms. The van der Waals surface area contributed by atoms with Gasteiger partial charge >= 0.3 is 12.2 Å². The molecule has 1 aromatic carbocycles. The Balaban J connectivity index is 1.54. The number of sulfone groups is 1. The van der Waals surface area contributed by atoms with Gasteiger partial charge in [0.1, 0.15) is 16.5 Å². The molecule has 16 heteroatoms. The molecule has 0 fully saturated rings. The maximum absolute atomic E-state index is 13.8. The summed E-state index contributed by atoms with van der Waals surface area (Å²) >= 11 is 6.03. The fourth-order valence-corrected chi connectivity index (χ4v) is 5.94. The summed E-state index contributed by atoms with van der Waals surface area (Å²) in [4.78, 5) is 17.9. The van der Waals surface area contributed by atoms with Crippen LogP contribution in [0.2, 0.25) is 5.15 Å². The van der Waals surface area contributed by atoms with E-state index in [9.17, 15) is 26.0 Å². The molecule has 0 saturated heterocycles. The van der Waals surface area contributed by atoms with Gasteiger partial charge < -0.3 is 18.6 Å². The zero-order chi connectivity index (χ0) is 30.2. The van der Waals surface area contributed by atoms with Crippen LogP contribution >= 0.6 is 11.6 Å². The van der Waals surface area contributed by atoms with Crippen LogP contribution in [0.1, 0.15) is 6.92 Å². The normalized spacial score (nSPS) is 15.7. The summed E-state index contributed by atoms with van der Waals surface area (Å²) in [5, 5.41) is 0.0869. The molecule has 5 aromatic rings. The Labute approximate surface area is 240 Å². The number of hydrogen-bond donors (Lipinski definition) is 0. The van der Waals surface area contributed by atoms with E-state index in [1.165, 1.54) is 30.2 Å². The molecule has 6 rings (SSSR count). The average Bonchev–Trinajstić information content (AvgIpc) is 3.44. The Kier molecular flexibility index (Phi) is 6.24. The first-order valence-electron chi connectivity index (χ1n) is 12.3. The van der Waals surface area contributed by atoms with Crippen molar-refractivity contribution in [2.75, 3.05) is 5.75 Å². The minimum absolute atomic E-state index is 0.0207. The molecule has 0 N–H and O–H groups in total. The Morgan fingerprint density at radius 1 is 0.810 bits per heavy atom. The van der Waals surface area contributed by atoms with E-state index in [2.05, 4.69) is 29.4 Å². The van der Waals surface area contributed by atoms with E-state index >= 15 is 0 Å². The molecule has 10 nitrogen and oxygen atoms in total. The monoisotopic (exact) mass is 622 g/mol. The Morgan fingerprint density at radius 2 is 1.40 bits per heavy atom. The number of rotatable bonds is 5. The van der Waals surface area contributed by atoms with Crippen LogP contribution in [-0.4, -0.2) is 55.5 Å². The molecule has 0 bridgehead atoms. The first kappa shape index (κ1) is 27.9. The molecule has 1 aliphatic rings. The van der Waals surface area contributed by atoms with Crippen molar-refractivity contribution in [2.45, 2.75) is 24.2 Å². The molecule has 0 amide bonds. The minimum atomic E-state index is -4.91. The summed E-state index contributed by atoms with van der Waals surface area (Å²) in [5.74, 6) is -1.36. The lowest BCUT2D eigenvalue weighted by atomic mass is 10.2. The lowest BCUT2D eigenvalue weighted by Crippen LogP contribution is -2.52. The van der Waals surface area contributed by atoms with Gasteiger partial charge in [-0.3, -0.25) is 0 Å². The number of ether oxygens (including phenoxy) is 2. The van der Waals surface area contributed by atoms with Gasteiger partial charge in [0.2, 0.25) is 0 Å². The van der Waals surface area contributed by atoms with Crippen LogP contribution in [0.4, 0.5) is 17.6 Å². The van der Waals surface area contributed by atoms with E-state index in [1.807, 2.05) is 0 Å². The van der Waals surface area contributed by atoms with E-state index in [0.29, 0.717) is 17.1 Å². The van der Waals surface area contributed by atoms with Crippen LogP contribution in [0.15, 0.2) is 53.6 Å². The third-order valence-corrected chi connectivity index (χ3v) is 8.67. The minimum Gasteiger partial charge on any atom is -0.421 e. The average molecular weight is 623 g/mol. The maximum Gasteiger partial charge on any atom is 0.507 e. The van der Waals surface area contributed by atoms with Crippen LogP contribution in [0, 0.1) is 0 Å². The highest BCUT2D eigenvalue weighted by Gasteiger charge is 2.66. The molecule has 0 saturated carbocycles. The molecular formula is C26H19ClF4N6O4S. The Morgan fingerprint density at radius 3 is 2.05 bits per heavy atom. The zero-order valence-electron chi connectivity index (χ0n) is 21.9. The summed E-state index contributed by atoms with van der Waals surface area (Å²) in [6, 6.07) is 12.2.